The van der Waals surface area contributed by atoms with E-state index in [0.717, 1.165) is 25.3 Å². The predicted octanol–water partition coefficient (Wildman–Crippen LogP) is 3.38. The van der Waals surface area contributed by atoms with Gasteiger partial charge in [-0.2, -0.15) is 0 Å². The van der Waals surface area contributed by atoms with Gasteiger partial charge in [0.05, 0.1) is 25.9 Å². The molecule has 270 valence electrons. The molecule has 4 rings (SSSR count). The molecule has 0 saturated carbocycles. The number of hydrogen-bond donors (Lipinski definition) is 2. The van der Waals surface area contributed by atoms with Crippen LogP contribution in [0.5, 0.6) is 17.2 Å². The van der Waals surface area contributed by atoms with E-state index in [9.17, 15) is 36.3 Å². The molecule has 3 aromatic carbocycles. The zero-order valence-corrected chi connectivity index (χ0v) is 28.7. The summed E-state index contributed by atoms with van der Waals surface area (Å²) in [4.78, 5) is 39.8. The van der Waals surface area contributed by atoms with Crippen molar-refractivity contribution in [2.24, 2.45) is 0 Å². The molecule has 50 heavy (non-hydrogen) atoms. The molecule has 0 saturated heterocycles. The van der Waals surface area contributed by atoms with Crippen LogP contribution in [0.25, 0.3) is 0 Å². The fraction of sp³-hybridized carbons (Fsp3) is 0.344. The number of fused-ring (bicyclic) bond motifs is 1. The van der Waals surface area contributed by atoms with E-state index in [2.05, 4.69) is 15.4 Å². The number of sulfonamides is 1. The quantitative estimate of drug-likeness (QED) is 0.234. The first kappa shape index (κ1) is 38.1. The largest absolute Gasteiger partial charge is 0.573 e. The minimum absolute atomic E-state index is 0.0104. The van der Waals surface area contributed by atoms with Crippen molar-refractivity contribution in [3.8, 4) is 17.2 Å². The maximum atomic E-state index is 15.1. The van der Waals surface area contributed by atoms with Crippen LogP contribution in [0.4, 0.5) is 23.7 Å². The average Bonchev–Trinajstić information content (AvgIpc) is 3.29. The monoisotopic (exact) mass is 741 g/mol. The molecule has 3 aromatic rings. The van der Waals surface area contributed by atoms with Crippen molar-refractivity contribution in [2.75, 3.05) is 39.2 Å². The normalized spacial score (nSPS) is 16.4. The number of ether oxygens (including phenoxy) is 3. The molecular weight excluding hydrogens is 709 g/mol. The fourth-order valence-electron chi connectivity index (χ4n) is 5.66. The van der Waals surface area contributed by atoms with Crippen LogP contribution >= 0.6 is 11.6 Å². The number of para-hydroxylation sites is 1. The molecule has 1 heterocycles. The second-order valence-corrected chi connectivity index (χ2v) is 13.4. The molecule has 0 bridgehead atoms. The number of nitrogens with zero attached hydrogens (tertiary/aromatic N) is 2. The van der Waals surface area contributed by atoms with Crippen LogP contribution in [-0.2, 0) is 25.2 Å². The van der Waals surface area contributed by atoms with E-state index in [0.29, 0.717) is 4.31 Å². The van der Waals surface area contributed by atoms with Gasteiger partial charge in [-0.05, 0) is 55.7 Å². The minimum Gasteiger partial charge on any atom is -0.530 e. The Labute approximate surface area is 290 Å². The van der Waals surface area contributed by atoms with Crippen molar-refractivity contribution in [3.63, 3.8) is 0 Å². The van der Waals surface area contributed by atoms with Crippen LogP contribution in [0, 0.1) is 0 Å². The van der Waals surface area contributed by atoms with Crippen molar-refractivity contribution < 1.29 is 55.3 Å². The van der Waals surface area contributed by atoms with Crippen molar-refractivity contribution >= 4 is 45.2 Å². The predicted molar refractivity (Wildman–Crippen MR) is 172 cm³/mol. The summed E-state index contributed by atoms with van der Waals surface area (Å²) in [6.07, 6.45) is -6.25. The third kappa shape index (κ3) is 7.69. The Morgan fingerprint density at radius 2 is 1.70 bits per heavy atom. The van der Waals surface area contributed by atoms with E-state index in [1.54, 1.807) is 12.1 Å². The highest BCUT2D eigenvalue weighted by Gasteiger charge is 2.59. The number of alkyl halides is 3. The minimum atomic E-state index is -5.32. The lowest BCUT2D eigenvalue weighted by Gasteiger charge is -2.36. The van der Waals surface area contributed by atoms with E-state index < -0.39 is 56.5 Å². The van der Waals surface area contributed by atoms with Crippen molar-refractivity contribution in [1.82, 2.24) is 15.5 Å². The smallest absolute Gasteiger partial charge is 0.530 e. The summed E-state index contributed by atoms with van der Waals surface area (Å²) in [7, 11) is 0.168. The first-order valence-corrected chi connectivity index (χ1v) is 16.7. The molecule has 13 nitrogen and oxygen atoms in total. The lowest BCUT2D eigenvalue weighted by atomic mass is 9.82. The second-order valence-electron chi connectivity index (χ2n) is 11.2. The number of methoxy groups -OCH3 is 2. The Kier molecular flexibility index (Phi) is 11.4. The van der Waals surface area contributed by atoms with Gasteiger partial charge in [0.25, 0.3) is 15.9 Å². The van der Waals surface area contributed by atoms with Gasteiger partial charge in [-0.3, -0.25) is 14.9 Å². The number of unbranched alkanes of at least 4 members (excludes halogenated alkanes) is 1. The Bertz CT molecular complexity index is 1880. The summed E-state index contributed by atoms with van der Waals surface area (Å²) in [5.74, 6) is -2.97. The van der Waals surface area contributed by atoms with Gasteiger partial charge in [0.2, 0.25) is 5.91 Å². The molecule has 0 fully saturated rings. The number of amides is 3. The summed E-state index contributed by atoms with van der Waals surface area (Å²) < 4.78 is 84.6. The number of halogens is 4. The second kappa shape index (κ2) is 15.0. The molecule has 18 heteroatoms. The molecule has 2 N–H and O–H groups in total. The van der Waals surface area contributed by atoms with Crippen molar-refractivity contribution in [3.05, 3.63) is 76.8 Å². The standard InChI is InChI=1S/C32H34ClF3N4O9S/c1-39(2)28(41)23(10-7-8-16-37-30(43)44)38-31(21-9-5-6-11-25(21)48-4)22-17-19(33)12-14-24(22)40(29(31)42)50(45,46)27-15-13-20(47-3)18-26(27)49-32(34,35)36/h5-6,9,11-15,17-18,23,37-38H,7-8,10,16H2,1-4H3,(H,43,44)/p-1/t23-,31?/m0/s1. The van der Waals surface area contributed by atoms with E-state index in [1.165, 1.54) is 56.4 Å². The summed E-state index contributed by atoms with van der Waals surface area (Å²) in [6, 6.07) is 11.3. The number of carbonyl (C=O) groups excluding carboxylic acids is 3. The first-order valence-electron chi connectivity index (χ1n) is 14.9. The third-order valence-corrected chi connectivity index (χ3v) is 9.78. The Hall–Kier alpha value is -4.74. The van der Waals surface area contributed by atoms with E-state index in [4.69, 9.17) is 21.1 Å². The molecule has 3 amide bonds. The molecular formula is C32H33ClF3N4O9S-. The van der Waals surface area contributed by atoms with Gasteiger partial charge in [-0.25, -0.2) is 12.7 Å². The van der Waals surface area contributed by atoms with Gasteiger partial charge in [0, 0.05) is 42.9 Å². The Morgan fingerprint density at radius 3 is 2.32 bits per heavy atom. The van der Waals surface area contributed by atoms with Crippen LogP contribution in [0.3, 0.4) is 0 Å². The van der Waals surface area contributed by atoms with Gasteiger partial charge in [0.15, 0.2) is 11.3 Å². The molecule has 0 radical (unpaired) electrons. The van der Waals surface area contributed by atoms with E-state index in [-0.39, 0.29) is 59.1 Å². The van der Waals surface area contributed by atoms with Crippen molar-refractivity contribution in [2.45, 2.75) is 42.1 Å². The SMILES string of the molecule is COc1ccc(S(=O)(=O)N2C(=O)C(N[C@@H](CCCCNC(=O)[O-])C(=O)N(C)C)(c3ccccc3OC)c3cc(Cl)ccc32)c(OC(F)(F)F)c1. The Morgan fingerprint density at radius 1 is 1.00 bits per heavy atom. The molecule has 0 aliphatic carbocycles. The summed E-state index contributed by atoms with van der Waals surface area (Å²) in [5, 5.41) is 16.1. The van der Waals surface area contributed by atoms with E-state index >= 15 is 4.79 Å². The highest BCUT2D eigenvalue weighted by Crippen LogP contribution is 2.51. The number of nitrogens with one attached hydrogen (secondary N) is 2. The topological polar surface area (TPSA) is 167 Å². The number of likely N-dealkylation sites (N-methyl/N-ethyl adjacent to an activating group) is 1. The highest BCUT2D eigenvalue weighted by molar-refractivity contribution is 7.93. The van der Waals surface area contributed by atoms with Crippen LogP contribution < -0.4 is 34.3 Å². The number of benzene rings is 3. The van der Waals surface area contributed by atoms with Gasteiger partial charge in [0.1, 0.15) is 22.5 Å². The number of carbonyl (C=O) groups is 3. The first-order chi connectivity index (χ1) is 23.5. The molecule has 1 unspecified atom stereocenters. The van der Waals surface area contributed by atoms with Gasteiger partial charge in [-0.1, -0.05) is 29.8 Å². The third-order valence-electron chi connectivity index (χ3n) is 7.81. The summed E-state index contributed by atoms with van der Waals surface area (Å²) >= 11 is 6.43. The molecule has 2 atom stereocenters. The number of carboxylic acid groups (broad SMARTS) is 1. The summed E-state index contributed by atoms with van der Waals surface area (Å²) in [5.41, 5.74) is -2.51. The fourth-order valence-corrected chi connectivity index (χ4v) is 7.40. The van der Waals surface area contributed by atoms with Gasteiger partial charge < -0.3 is 34.3 Å². The van der Waals surface area contributed by atoms with Crippen LogP contribution in [-0.4, -0.2) is 78.5 Å². The van der Waals surface area contributed by atoms with Gasteiger partial charge in [-0.15, -0.1) is 13.2 Å². The summed E-state index contributed by atoms with van der Waals surface area (Å²) in [6.45, 7) is 0.0104. The van der Waals surface area contributed by atoms with Crippen LogP contribution in [0.1, 0.15) is 30.4 Å². The zero-order chi connectivity index (χ0) is 37.0. The maximum Gasteiger partial charge on any atom is 0.573 e. The number of rotatable bonds is 14. The zero-order valence-electron chi connectivity index (χ0n) is 27.2. The average molecular weight is 742 g/mol. The lowest BCUT2D eigenvalue weighted by Crippen LogP contribution is -2.59. The molecule has 0 spiro atoms. The number of hydrogen-bond acceptors (Lipinski definition) is 10. The highest BCUT2D eigenvalue weighted by atomic mass is 35.5. The lowest BCUT2D eigenvalue weighted by molar-refractivity contribution is -0.275. The maximum absolute atomic E-state index is 15.1. The van der Waals surface area contributed by atoms with Gasteiger partial charge >= 0.3 is 6.36 Å². The number of anilines is 1. The molecule has 1 aliphatic rings. The van der Waals surface area contributed by atoms with Crippen LogP contribution in [0.2, 0.25) is 5.02 Å². The van der Waals surface area contributed by atoms with Crippen LogP contribution in [0.15, 0.2) is 65.6 Å². The Balaban J connectivity index is 1.98. The van der Waals surface area contributed by atoms with Crippen molar-refractivity contribution in [1.29, 1.82) is 0 Å². The van der Waals surface area contributed by atoms with E-state index in [1.807, 2.05) is 0 Å². The molecule has 0 aromatic heterocycles. The molecule has 1 aliphatic heterocycles.